The molecule has 3 nitrogen and oxygen atoms in total. The largest absolute Gasteiger partial charge is 0.396 e. The zero-order valence-corrected chi connectivity index (χ0v) is 11.0. The number of nitrogen functional groups attached to an aromatic ring is 1. The van der Waals surface area contributed by atoms with E-state index in [2.05, 4.69) is 24.8 Å². The number of thioether (sulfide) groups is 1. The van der Waals surface area contributed by atoms with Crippen LogP contribution in [0.1, 0.15) is 19.4 Å². The molecule has 0 spiro atoms. The van der Waals surface area contributed by atoms with Crippen molar-refractivity contribution < 1.29 is 0 Å². The first-order valence-electron chi connectivity index (χ1n) is 5.80. The van der Waals surface area contributed by atoms with Gasteiger partial charge in [0, 0.05) is 23.6 Å². The summed E-state index contributed by atoms with van der Waals surface area (Å²) in [7, 11) is 0. The van der Waals surface area contributed by atoms with E-state index in [0.29, 0.717) is 21.8 Å². The smallest absolute Gasteiger partial charge is 0.101 e. The number of hydrogen-bond acceptors (Lipinski definition) is 4. The highest BCUT2D eigenvalue weighted by molar-refractivity contribution is 8.00. The van der Waals surface area contributed by atoms with Crippen LogP contribution in [0.3, 0.4) is 0 Å². The SMILES string of the molecule is CC1CN(c2cccc(C#N)c2N)CC(C)S1. The molecule has 1 aliphatic heterocycles. The van der Waals surface area contributed by atoms with Gasteiger partial charge in [-0.2, -0.15) is 17.0 Å². The van der Waals surface area contributed by atoms with E-state index >= 15 is 0 Å². The first-order chi connectivity index (χ1) is 8.11. The maximum Gasteiger partial charge on any atom is 0.101 e. The summed E-state index contributed by atoms with van der Waals surface area (Å²) in [6.07, 6.45) is 0. The van der Waals surface area contributed by atoms with E-state index in [9.17, 15) is 0 Å². The minimum absolute atomic E-state index is 0.570. The second-order valence-corrected chi connectivity index (χ2v) is 6.39. The second kappa shape index (κ2) is 4.89. The normalized spacial score (nSPS) is 24.4. The second-order valence-electron chi connectivity index (χ2n) is 4.51. The zero-order valence-electron chi connectivity index (χ0n) is 10.2. The molecule has 1 heterocycles. The average molecular weight is 247 g/mol. The maximum atomic E-state index is 8.99. The fourth-order valence-electron chi connectivity index (χ4n) is 2.30. The van der Waals surface area contributed by atoms with Crippen LogP contribution in [0.25, 0.3) is 0 Å². The molecule has 0 bridgehead atoms. The van der Waals surface area contributed by atoms with E-state index in [-0.39, 0.29) is 0 Å². The van der Waals surface area contributed by atoms with Gasteiger partial charge in [0.1, 0.15) is 6.07 Å². The molecule has 1 aromatic carbocycles. The summed E-state index contributed by atoms with van der Waals surface area (Å²) in [5, 5.41) is 10.2. The summed E-state index contributed by atoms with van der Waals surface area (Å²) in [6.45, 7) is 6.46. The lowest BCUT2D eigenvalue weighted by atomic mass is 10.1. The number of para-hydroxylation sites is 1. The maximum absolute atomic E-state index is 8.99. The average Bonchev–Trinajstić information content (AvgIpc) is 2.28. The lowest BCUT2D eigenvalue weighted by Crippen LogP contribution is -2.40. The van der Waals surface area contributed by atoms with E-state index in [1.165, 1.54) is 0 Å². The van der Waals surface area contributed by atoms with Crippen molar-refractivity contribution in [2.75, 3.05) is 23.7 Å². The monoisotopic (exact) mass is 247 g/mol. The molecule has 17 heavy (non-hydrogen) atoms. The van der Waals surface area contributed by atoms with Crippen LogP contribution in [-0.4, -0.2) is 23.6 Å². The summed E-state index contributed by atoms with van der Waals surface area (Å²) in [5.41, 5.74) is 8.23. The molecule has 1 saturated heterocycles. The molecular weight excluding hydrogens is 230 g/mol. The van der Waals surface area contributed by atoms with Gasteiger partial charge in [0.15, 0.2) is 0 Å². The van der Waals surface area contributed by atoms with Crippen molar-refractivity contribution in [3.05, 3.63) is 23.8 Å². The van der Waals surface area contributed by atoms with Gasteiger partial charge in [-0.25, -0.2) is 0 Å². The standard InChI is InChI=1S/C13H17N3S/c1-9-7-16(8-10(2)17-9)12-5-3-4-11(6-14)13(12)15/h3-5,9-10H,7-8,15H2,1-2H3. The minimum Gasteiger partial charge on any atom is -0.396 e. The minimum atomic E-state index is 0.570. The first kappa shape index (κ1) is 12.1. The number of rotatable bonds is 1. The van der Waals surface area contributed by atoms with Gasteiger partial charge < -0.3 is 10.6 Å². The number of benzene rings is 1. The topological polar surface area (TPSA) is 53.0 Å². The highest BCUT2D eigenvalue weighted by Crippen LogP contribution is 2.32. The third-order valence-corrected chi connectivity index (χ3v) is 4.19. The van der Waals surface area contributed by atoms with Gasteiger partial charge in [0.25, 0.3) is 0 Å². The highest BCUT2D eigenvalue weighted by Gasteiger charge is 2.24. The molecule has 1 aromatic rings. The lowest BCUT2D eigenvalue weighted by molar-refractivity contribution is 0.729. The summed E-state index contributed by atoms with van der Waals surface area (Å²) in [5.74, 6) is 0. The van der Waals surface area contributed by atoms with Gasteiger partial charge in [0.05, 0.1) is 16.9 Å². The molecule has 0 radical (unpaired) electrons. The van der Waals surface area contributed by atoms with Crippen LogP contribution >= 0.6 is 11.8 Å². The van der Waals surface area contributed by atoms with E-state index in [1.807, 2.05) is 23.9 Å². The van der Waals surface area contributed by atoms with Crippen LogP contribution in [0, 0.1) is 11.3 Å². The van der Waals surface area contributed by atoms with E-state index < -0.39 is 0 Å². The Morgan fingerprint density at radius 2 is 2.00 bits per heavy atom. The molecule has 90 valence electrons. The molecule has 2 unspecified atom stereocenters. The van der Waals surface area contributed by atoms with Crippen LogP contribution in [0.15, 0.2) is 18.2 Å². The molecule has 1 fully saturated rings. The number of hydrogen-bond donors (Lipinski definition) is 1. The third-order valence-electron chi connectivity index (χ3n) is 2.96. The van der Waals surface area contributed by atoms with Crippen molar-refractivity contribution in [2.45, 2.75) is 24.3 Å². The number of nitrogens with zero attached hydrogens (tertiary/aromatic N) is 2. The van der Waals surface area contributed by atoms with Gasteiger partial charge >= 0.3 is 0 Å². The summed E-state index contributed by atoms with van der Waals surface area (Å²) in [4.78, 5) is 2.29. The molecule has 2 N–H and O–H groups in total. The fraction of sp³-hybridized carbons (Fsp3) is 0.462. The molecule has 0 aromatic heterocycles. The Hall–Kier alpha value is -1.34. The number of nitriles is 1. The predicted octanol–water partition coefficient (Wildman–Crippen LogP) is 2.47. The Balaban J connectivity index is 2.31. The van der Waals surface area contributed by atoms with Crippen LogP contribution in [0.2, 0.25) is 0 Å². The molecule has 1 aliphatic rings. The summed E-state index contributed by atoms with van der Waals surface area (Å²) < 4.78 is 0. The van der Waals surface area contributed by atoms with Gasteiger partial charge in [-0.1, -0.05) is 19.9 Å². The zero-order chi connectivity index (χ0) is 12.4. The van der Waals surface area contributed by atoms with Crippen molar-refractivity contribution in [2.24, 2.45) is 0 Å². The van der Waals surface area contributed by atoms with Crippen molar-refractivity contribution in [3.63, 3.8) is 0 Å². The lowest BCUT2D eigenvalue weighted by Gasteiger charge is -2.36. The van der Waals surface area contributed by atoms with Crippen LogP contribution < -0.4 is 10.6 Å². The van der Waals surface area contributed by atoms with E-state index in [1.54, 1.807) is 6.07 Å². The van der Waals surface area contributed by atoms with Gasteiger partial charge in [-0.3, -0.25) is 0 Å². The molecule has 2 atom stereocenters. The third kappa shape index (κ3) is 2.50. The molecule has 0 aliphatic carbocycles. The van der Waals surface area contributed by atoms with Crippen LogP contribution in [-0.2, 0) is 0 Å². The fourth-order valence-corrected chi connectivity index (χ4v) is 3.63. The first-order valence-corrected chi connectivity index (χ1v) is 6.75. The molecule has 4 heteroatoms. The van der Waals surface area contributed by atoms with Crippen LogP contribution in [0.5, 0.6) is 0 Å². The van der Waals surface area contributed by atoms with Gasteiger partial charge in [-0.05, 0) is 12.1 Å². The van der Waals surface area contributed by atoms with E-state index in [0.717, 1.165) is 18.8 Å². The van der Waals surface area contributed by atoms with Crippen molar-refractivity contribution in [1.29, 1.82) is 5.26 Å². The van der Waals surface area contributed by atoms with Crippen LogP contribution in [0.4, 0.5) is 11.4 Å². The summed E-state index contributed by atoms with van der Waals surface area (Å²) >= 11 is 2.01. The molecule has 0 saturated carbocycles. The van der Waals surface area contributed by atoms with Gasteiger partial charge in [0.2, 0.25) is 0 Å². The highest BCUT2D eigenvalue weighted by atomic mass is 32.2. The number of anilines is 2. The quantitative estimate of drug-likeness (QED) is 0.775. The van der Waals surface area contributed by atoms with E-state index in [4.69, 9.17) is 11.0 Å². The van der Waals surface area contributed by atoms with Crippen molar-refractivity contribution >= 4 is 23.1 Å². The Morgan fingerprint density at radius 3 is 2.59 bits per heavy atom. The summed E-state index contributed by atoms with van der Waals surface area (Å²) in [6, 6.07) is 7.82. The Kier molecular flexibility index (Phi) is 3.49. The Morgan fingerprint density at radius 1 is 1.35 bits per heavy atom. The molecule has 0 amide bonds. The Bertz CT molecular complexity index is 442. The van der Waals surface area contributed by atoms with Crippen molar-refractivity contribution in [1.82, 2.24) is 0 Å². The number of nitrogens with two attached hydrogens (primary N) is 1. The van der Waals surface area contributed by atoms with Gasteiger partial charge in [-0.15, -0.1) is 0 Å². The predicted molar refractivity (Wildman–Crippen MR) is 74.3 cm³/mol. The Labute approximate surface area is 107 Å². The molecular formula is C13H17N3S. The van der Waals surface area contributed by atoms with Crippen molar-refractivity contribution in [3.8, 4) is 6.07 Å². The molecule has 2 rings (SSSR count).